The minimum atomic E-state index is -0.417. The molecule has 0 saturated carbocycles. The number of carbonyl (C=O) groups excluding carboxylic acids is 3. The van der Waals surface area contributed by atoms with E-state index in [1.165, 1.54) is 0 Å². The van der Waals surface area contributed by atoms with E-state index in [2.05, 4.69) is 0 Å². The van der Waals surface area contributed by atoms with E-state index in [9.17, 15) is 19.2 Å². The zero-order valence-corrected chi connectivity index (χ0v) is 18.2. The van der Waals surface area contributed by atoms with Crippen molar-refractivity contribution in [2.75, 3.05) is 19.6 Å². The minimum absolute atomic E-state index is 0.0597. The number of likely N-dealkylation sites (tertiary alicyclic amines) is 2. The van der Waals surface area contributed by atoms with Gasteiger partial charge in [-0.2, -0.15) is 0 Å². The Morgan fingerprint density at radius 2 is 1.64 bits per heavy atom. The van der Waals surface area contributed by atoms with E-state index in [1.54, 1.807) is 15.5 Å². The molecule has 8 nitrogen and oxygen atoms in total. The summed E-state index contributed by atoms with van der Waals surface area (Å²) in [4.78, 5) is 53.3. The number of imide groups is 1. The second-order valence-electron chi connectivity index (χ2n) is 8.73. The highest BCUT2D eigenvalue weighted by Crippen LogP contribution is 2.27. The number of amides is 3. The normalized spacial score (nSPS) is 19.6. The summed E-state index contributed by atoms with van der Waals surface area (Å²) in [6, 6.07) is 16.8. The van der Waals surface area contributed by atoms with E-state index in [-0.39, 0.29) is 36.7 Å². The third kappa shape index (κ3) is 4.08. The Morgan fingerprint density at radius 1 is 0.939 bits per heavy atom. The molecule has 3 aromatic rings. The number of hydrogen-bond donors (Lipinski definition) is 0. The Bertz CT molecular complexity index is 1250. The van der Waals surface area contributed by atoms with Crippen LogP contribution in [0.15, 0.2) is 63.8 Å². The summed E-state index contributed by atoms with van der Waals surface area (Å²) in [7, 11) is 0. The van der Waals surface area contributed by atoms with Gasteiger partial charge in [0.1, 0.15) is 6.54 Å². The predicted octanol–water partition coefficient (Wildman–Crippen LogP) is 2.38. The first-order valence-electron chi connectivity index (χ1n) is 11.3. The van der Waals surface area contributed by atoms with Crippen LogP contribution in [0.2, 0.25) is 0 Å². The van der Waals surface area contributed by atoms with Crippen LogP contribution in [0, 0.1) is 5.92 Å². The number of fused-ring (bicyclic) bond motifs is 1. The molecule has 1 unspecified atom stereocenters. The summed E-state index contributed by atoms with van der Waals surface area (Å²) in [6.07, 6.45) is 1.84. The Kier molecular flexibility index (Phi) is 5.58. The highest BCUT2D eigenvalue weighted by Gasteiger charge is 2.40. The maximum Gasteiger partial charge on any atom is 0.420 e. The van der Waals surface area contributed by atoms with Crippen LogP contribution in [0.3, 0.4) is 0 Å². The highest BCUT2D eigenvalue weighted by atomic mass is 16.4. The molecule has 0 bridgehead atoms. The number of para-hydroxylation sites is 2. The number of rotatable bonds is 5. The lowest BCUT2D eigenvalue weighted by Crippen LogP contribution is -2.46. The summed E-state index contributed by atoms with van der Waals surface area (Å²) >= 11 is 0. The number of oxazole rings is 1. The molecule has 170 valence electrons. The van der Waals surface area contributed by atoms with E-state index in [4.69, 9.17) is 4.42 Å². The van der Waals surface area contributed by atoms with Crippen molar-refractivity contribution < 1.29 is 18.8 Å². The molecule has 0 aliphatic carbocycles. The van der Waals surface area contributed by atoms with Gasteiger partial charge in [-0.3, -0.25) is 23.9 Å². The maximum absolute atomic E-state index is 12.9. The van der Waals surface area contributed by atoms with Crippen LogP contribution in [0.25, 0.3) is 11.1 Å². The van der Waals surface area contributed by atoms with Gasteiger partial charge in [0.05, 0.1) is 11.4 Å². The lowest BCUT2D eigenvalue weighted by Gasteiger charge is -2.33. The number of nitrogens with zero attached hydrogens (tertiary/aromatic N) is 3. The van der Waals surface area contributed by atoms with Gasteiger partial charge in [-0.05, 0) is 37.0 Å². The first kappa shape index (κ1) is 21.2. The largest absolute Gasteiger partial charge is 0.420 e. The maximum atomic E-state index is 12.9. The number of benzene rings is 2. The van der Waals surface area contributed by atoms with Crippen LogP contribution in [0.1, 0.15) is 30.9 Å². The summed E-state index contributed by atoms with van der Waals surface area (Å²) < 4.78 is 7.00. The fourth-order valence-electron chi connectivity index (χ4n) is 4.91. The minimum Gasteiger partial charge on any atom is -0.408 e. The molecule has 0 radical (unpaired) electrons. The fourth-order valence-corrected chi connectivity index (χ4v) is 4.91. The number of hydrogen-bond acceptors (Lipinski definition) is 5. The van der Waals surface area contributed by atoms with Crippen molar-refractivity contribution in [1.82, 2.24) is 14.4 Å². The Hall–Kier alpha value is -3.68. The molecule has 1 aromatic heterocycles. The molecule has 8 heteroatoms. The van der Waals surface area contributed by atoms with Gasteiger partial charge >= 0.3 is 5.76 Å². The fraction of sp³-hybridized carbons (Fsp3) is 0.360. The van der Waals surface area contributed by atoms with Crippen LogP contribution in [0.5, 0.6) is 0 Å². The lowest BCUT2D eigenvalue weighted by atomic mass is 9.98. The molecule has 2 fully saturated rings. The molecule has 2 aromatic carbocycles. The molecule has 0 N–H and O–H groups in total. The highest BCUT2D eigenvalue weighted by molar-refractivity contribution is 6.06. The molecule has 2 saturated heterocycles. The van der Waals surface area contributed by atoms with Gasteiger partial charge < -0.3 is 9.32 Å². The van der Waals surface area contributed by atoms with Crippen molar-refractivity contribution in [2.24, 2.45) is 5.92 Å². The Labute approximate surface area is 190 Å². The van der Waals surface area contributed by atoms with Gasteiger partial charge in [0, 0.05) is 25.6 Å². The number of piperidine rings is 1. The quantitative estimate of drug-likeness (QED) is 0.560. The van der Waals surface area contributed by atoms with E-state index >= 15 is 0 Å². The van der Waals surface area contributed by atoms with Crippen molar-refractivity contribution in [2.45, 2.75) is 31.7 Å². The van der Waals surface area contributed by atoms with Crippen molar-refractivity contribution in [1.29, 1.82) is 0 Å². The van der Waals surface area contributed by atoms with E-state index in [1.807, 2.05) is 48.5 Å². The SMILES string of the molecule is O=C(CN1C(=O)CC(Cc2ccccc2)C1=O)N1CCC(n2c(=O)oc3ccccc32)CC1. The standard InChI is InChI=1S/C25H25N3O5/c29-22-15-18(14-17-6-2-1-3-7-17)24(31)27(22)16-23(30)26-12-10-19(11-13-26)28-20-8-4-5-9-21(20)33-25(28)32/h1-9,18-19H,10-16H2. The van der Waals surface area contributed by atoms with Crippen LogP contribution in [-0.2, 0) is 20.8 Å². The Balaban J connectivity index is 1.20. The summed E-state index contributed by atoms with van der Waals surface area (Å²) in [5.41, 5.74) is 2.31. The number of carbonyl (C=O) groups is 3. The lowest BCUT2D eigenvalue weighted by molar-refractivity contribution is -0.146. The van der Waals surface area contributed by atoms with E-state index in [0.29, 0.717) is 37.9 Å². The van der Waals surface area contributed by atoms with Crippen LogP contribution >= 0.6 is 0 Å². The first-order valence-corrected chi connectivity index (χ1v) is 11.3. The predicted molar refractivity (Wildman–Crippen MR) is 120 cm³/mol. The van der Waals surface area contributed by atoms with Crippen LogP contribution < -0.4 is 5.76 Å². The first-order chi connectivity index (χ1) is 16.0. The molecule has 33 heavy (non-hydrogen) atoms. The third-order valence-electron chi connectivity index (χ3n) is 6.66. The average Bonchev–Trinajstić information content (AvgIpc) is 3.30. The molecule has 1 atom stereocenters. The van der Waals surface area contributed by atoms with Crippen molar-refractivity contribution in [3.8, 4) is 0 Å². The van der Waals surface area contributed by atoms with Crippen LogP contribution in [0.4, 0.5) is 0 Å². The van der Waals surface area contributed by atoms with Gasteiger partial charge in [-0.1, -0.05) is 42.5 Å². The number of aromatic nitrogens is 1. The molecule has 2 aliphatic heterocycles. The zero-order chi connectivity index (χ0) is 22.9. The third-order valence-corrected chi connectivity index (χ3v) is 6.66. The molecule has 5 rings (SSSR count). The molecular formula is C25H25N3O5. The zero-order valence-electron chi connectivity index (χ0n) is 18.2. The van der Waals surface area contributed by atoms with Gasteiger partial charge in [0.2, 0.25) is 17.7 Å². The smallest absolute Gasteiger partial charge is 0.408 e. The molecule has 3 amide bonds. The van der Waals surface area contributed by atoms with Gasteiger partial charge in [0.25, 0.3) is 0 Å². The molecule has 3 heterocycles. The van der Waals surface area contributed by atoms with Crippen molar-refractivity contribution >= 4 is 28.8 Å². The summed E-state index contributed by atoms with van der Waals surface area (Å²) in [5, 5.41) is 0. The second-order valence-corrected chi connectivity index (χ2v) is 8.73. The summed E-state index contributed by atoms with van der Waals surface area (Å²) in [5.74, 6) is -1.61. The van der Waals surface area contributed by atoms with Crippen molar-refractivity contribution in [3.63, 3.8) is 0 Å². The molecular weight excluding hydrogens is 422 g/mol. The Morgan fingerprint density at radius 3 is 2.39 bits per heavy atom. The average molecular weight is 447 g/mol. The van der Waals surface area contributed by atoms with E-state index < -0.39 is 11.7 Å². The topological polar surface area (TPSA) is 92.8 Å². The monoisotopic (exact) mass is 447 g/mol. The van der Waals surface area contributed by atoms with Gasteiger partial charge in [0.15, 0.2) is 5.58 Å². The molecule has 2 aliphatic rings. The van der Waals surface area contributed by atoms with Gasteiger partial charge in [-0.25, -0.2) is 4.79 Å². The van der Waals surface area contributed by atoms with Crippen molar-refractivity contribution in [3.05, 3.63) is 70.7 Å². The molecule has 0 spiro atoms. The second kappa shape index (κ2) is 8.69. The van der Waals surface area contributed by atoms with Crippen LogP contribution in [-0.4, -0.2) is 51.7 Å². The van der Waals surface area contributed by atoms with Gasteiger partial charge in [-0.15, -0.1) is 0 Å². The van der Waals surface area contributed by atoms with E-state index in [0.717, 1.165) is 16.0 Å². The summed E-state index contributed by atoms with van der Waals surface area (Å²) in [6.45, 7) is 0.695.